The summed E-state index contributed by atoms with van der Waals surface area (Å²) < 4.78 is 0. The van der Waals surface area contributed by atoms with E-state index >= 15 is 0 Å². The largest absolute Gasteiger partial charge is 0.354 e. The molecule has 0 saturated carbocycles. The van der Waals surface area contributed by atoms with E-state index in [0.29, 0.717) is 0 Å². The molecule has 1 saturated heterocycles. The third-order valence-corrected chi connectivity index (χ3v) is 4.03. The molecule has 5 heteroatoms. The Hall–Kier alpha value is -2.45. The molecular weight excluding hydrogens is 286 g/mol. The Morgan fingerprint density at radius 3 is 2.74 bits per heavy atom. The lowest BCUT2D eigenvalue weighted by molar-refractivity contribution is 0.263. The molecule has 118 valence electrons. The summed E-state index contributed by atoms with van der Waals surface area (Å²) in [6, 6.07) is 5.95. The zero-order valence-electron chi connectivity index (χ0n) is 13.4. The summed E-state index contributed by atoms with van der Waals surface area (Å²) in [4.78, 5) is 18.2. The lowest BCUT2D eigenvalue weighted by atomic mass is 10.2. The normalized spacial score (nSPS) is 15.4. The van der Waals surface area contributed by atoms with Crippen LogP contribution in [0.2, 0.25) is 0 Å². The molecular formula is C18H21N5. The first-order valence-corrected chi connectivity index (χ1v) is 7.93. The second kappa shape index (κ2) is 7.21. The number of anilines is 1. The molecule has 0 aliphatic carbocycles. The zero-order chi connectivity index (χ0) is 16.1. The molecule has 1 fully saturated rings. The predicted octanol–water partition coefficient (Wildman–Crippen LogP) is 1.99. The number of aryl methyl sites for hydroxylation is 1. The summed E-state index contributed by atoms with van der Waals surface area (Å²) in [5.41, 5.74) is 1.92. The van der Waals surface area contributed by atoms with Crippen LogP contribution in [0.1, 0.15) is 12.1 Å². The molecule has 0 amide bonds. The molecule has 0 N–H and O–H groups in total. The molecule has 1 aliphatic rings. The van der Waals surface area contributed by atoms with E-state index in [4.69, 9.17) is 11.4 Å². The van der Waals surface area contributed by atoms with Crippen molar-refractivity contribution >= 4 is 5.82 Å². The molecule has 0 spiro atoms. The quantitative estimate of drug-likeness (QED) is 0.808. The van der Waals surface area contributed by atoms with Crippen molar-refractivity contribution in [2.24, 2.45) is 0 Å². The first-order valence-electron chi connectivity index (χ1n) is 7.93. The van der Waals surface area contributed by atoms with Gasteiger partial charge in [0, 0.05) is 68.9 Å². The Morgan fingerprint density at radius 2 is 2.04 bits per heavy atom. The molecule has 0 atom stereocenters. The predicted molar refractivity (Wildman–Crippen MR) is 92.1 cm³/mol. The highest BCUT2D eigenvalue weighted by Gasteiger charge is 2.18. The van der Waals surface area contributed by atoms with Crippen LogP contribution in [0.5, 0.6) is 0 Å². The minimum absolute atomic E-state index is 0.739. The van der Waals surface area contributed by atoms with Crippen LogP contribution in [0.4, 0.5) is 5.82 Å². The van der Waals surface area contributed by atoms with E-state index in [9.17, 15) is 0 Å². The van der Waals surface area contributed by atoms with Crippen molar-refractivity contribution < 1.29 is 0 Å². The highest BCUT2D eigenvalue weighted by atomic mass is 15.3. The fraction of sp³-hybridized carbons (Fsp3) is 0.389. The molecule has 3 heterocycles. The number of nitrogens with zero attached hydrogens (tertiary/aromatic N) is 5. The molecule has 5 nitrogen and oxygen atoms in total. The minimum Gasteiger partial charge on any atom is -0.354 e. The standard InChI is InChI=1S/C18H21N5/c1-3-4-8-22-9-11-23(12-10-22)17-13-15(2)20-18(21-17)16-6-5-7-19-14-16/h1,5-7,13-14H,4,8-12H2,2H3. The Bertz CT molecular complexity index is 684. The minimum atomic E-state index is 0.739. The van der Waals surface area contributed by atoms with E-state index in [1.165, 1.54) is 0 Å². The molecule has 3 rings (SSSR count). The summed E-state index contributed by atoms with van der Waals surface area (Å²) >= 11 is 0. The number of hydrogen-bond donors (Lipinski definition) is 0. The van der Waals surface area contributed by atoms with Crippen molar-refractivity contribution in [3.05, 3.63) is 36.3 Å². The average molecular weight is 307 g/mol. The van der Waals surface area contributed by atoms with Gasteiger partial charge in [-0.15, -0.1) is 12.3 Å². The zero-order valence-corrected chi connectivity index (χ0v) is 13.4. The van der Waals surface area contributed by atoms with Crippen molar-refractivity contribution in [1.29, 1.82) is 0 Å². The van der Waals surface area contributed by atoms with Crippen LogP contribution in [0.3, 0.4) is 0 Å². The summed E-state index contributed by atoms with van der Waals surface area (Å²) in [5.74, 6) is 4.44. The highest BCUT2D eigenvalue weighted by molar-refractivity contribution is 5.56. The van der Waals surface area contributed by atoms with Crippen LogP contribution >= 0.6 is 0 Å². The molecule has 0 aromatic carbocycles. The molecule has 2 aromatic heterocycles. The van der Waals surface area contributed by atoms with Crippen molar-refractivity contribution in [2.45, 2.75) is 13.3 Å². The van der Waals surface area contributed by atoms with E-state index in [1.807, 2.05) is 19.1 Å². The molecule has 0 bridgehead atoms. The van der Waals surface area contributed by atoms with E-state index < -0.39 is 0 Å². The van der Waals surface area contributed by atoms with Crippen LogP contribution < -0.4 is 4.90 Å². The van der Waals surface area contributed by atoms with Crippen molar-refractivity contribution in [2.75, 3.05) is 37.6 Å². The number of rotatable bonds is 4. The maximum absolute atomic E-state index is 5.34. The first-order chi connectivity index (χ1) is 11.3. The third kappa shape index (κ3) is 3.85. The van der Waals surface area contributed by atoms with E-state index in [-0.39, 0.29) is 0 Å². The maximum atomic E-state index is 5.34. The summed E-state index contributed by atoms with van der Waals surface area (Å²) in [6.45, 7) is 6.96. The maximum Gasteiger partial charge on any atom is 0.163 e. The van der Waals surface area contributed by atoms with E-state index in [0.717, 1.165) is 62.0 Å². The topological polar surface area (TPSA) is 45.2 Å². The molecule has 1 aliphatic heterocycles. The fourth-order valence-corrected chi connectivity index (χ4v) is 2.76. The fourth-order valence-electron chi connectivity index (χ4n) is 2.76. The molecule has 0 radical (unpaired) electrons. The van der Waals surface area contributed by atoms with Gasteiger partial charge < -0.3 is 4.90 Å². The van der Waals surface area contributed by atoms with Crippen LogP contribution in [-0.2, 0) is 0 Å². The van der Waals surface area contributed by atoms with Gasteiger partial charge in [-0.05, 0) is 19.1 Å². The van der Waals surface area contributed by atoms with Crippen molar-refractivity contribution in [1.82, 2.24) is 19.9 Å². The monoisotopic (exact) mass is 307 g/mol. The number of aromatic nitrogens is 3. The van der Waals surface area contributed by atoms with Gasteiger partial charge in [0.1, 0.15) is 5.82 Å². The lowest BCUT2D eigenvalue weighted by Crippen LogP contribution is -2.46. The third-order valence-electron chi connectivity index (χ3n) is 4.03. The van der Waals surface area contributed by atoms with Crippen LogP contribution in [0.25, 0.3) is 11.4 Å². The van der Waals surface area contributed by atoms with E-state index in [1.54, 1.807) is 12.4 Å². The van der Waals surface area contributed by atoms with Crippen LogP contribution in [0, 0.1) is 19.3 Å². The summed E-state index contributed by atoms with van der Waals surface area (Å²) in [6.07, 6.45) is 9.72. The number of pyridine rings is 1. The van der Waals surface area contributed by atoms with Gasteiger partial charge in [-0.3, -0.25) is 9.88 Å². The first kappa shape index (κ1) is 15.4. The smallest absolute Gasteiger partial charge is 0.163 e. The SMILES string of the molecule is C#CCCN1CCN(c2cc(C)nc(-c3cccnc3)n2)CC1. The van der Waals surface area contributed by atoms with Gasteiger partial charge in [0.05, 0.1) is 0 Å². The van der Waals surface area contributed by atoms with Crippen molar-refractivity contribution in [3.8, 4) is 23.7 Å². The van der Waals surface area contributed by atoms with Gasteiger partial charge in [-0.25, -0.2) is 9.97 Å². The van der Waals surface area contributed by atoms with Gasteiger partial charge >= 0.3 is 0 Å². The molecule has 2 aromatic rings. The van der Waals surface area contributed by atoms with E-state index in [2.05, 4.69) is 31.8 Å². The molecule has 0 unspecified atom stereocenters. The Kier molecular flexibility index (Phi) is 4.84. The summed E-state index contributed by atoms with van der Waals surface area (Å²) in [5, 5.41) is 0. The van der Waals surface area contributed by atoms with Gasteiger partial charge in [0.2, 0.25) is 0 Å². The number of hydrogen-bond acceptors (Lipinski definition) is 5. The van der Waals surface area contributed by atoms with Gasteiger partial charge in [-0.1, -0.05) is 0 Å². The van der Waals surface area contributed by atoms with Gasteiger partial charge in [-0.2, -0.15) is 0 Å². The molecule has 23 heavy (non-hydrogen) atoms. The second-order valence-electron chi connectivity index (χ2n) is 5.72. The number of piperazine rings is 1. The van der Waals surface area contributed by atoms with Gasteiger partial charge in [0.25, 0.3) is 0 Å². The van der Waals surface area contributed by atoms with Crippen molar-refractivity contribution in [3.63, 3.8) is 0 Å². The van der Waals surface area contributed by atoms with Crippen LogP contribution in [0.15, 0.2) is 30.6 Å². The van der Waals surface area contributed by atoms with Crippen LogP contribution in [-0.4, -0.2) is 52.6 Å². The number of terminal acetylenes is 1. The highest BCUT2D eigenvalue weighted by Crippen LogP contribution is 2.20. The second-order valence-corrected chi connectivity index (χ2v) is 5.72. The summed E-state index contributed by atoms with van der Waals surface area (Å²) in [7, 11) is 0. The lowest BCUT2D eigenvalue weighted by Gasteiger charge is -2.35. The Balaban J connectivity index is 1.74. The van der Waals surface area contributed by atoms with Gasteiger partial charge in [0.15, 0.2) is 5.82 Å². The average Bonchev–Trinajstić information content (AvgIpc) is 2.60. The Labute approximate surface area is 137 Å². The Morgan fingerprint density at radius 1 is 1.22 bits per heavy atom.